The highest BCUT2D eigenvalue weighted by atomic mass is 16.6. The Labute approximate surface area is 158 Å². The largest absolute Gasteiger partial charge is 0.497 e. The van der Waals surface area contributed by atoms with Crippen LogP contribution in [0.15, 0.2) is 66.4 Å². The summed E-state index contributed by atoms with van der Waals surface area (Å²) in [6, 6.07) is 16.8. The van der Waals surface area contributed by atoms with Crippen LogP contribution < -0.4 is 20.9 Å². The molecule has 0 bridgehead atoms. The van der Waals surface area contributed by atoms with Gasteiger partial charge in [-0.15, -0.1) is 0 Å². The van der Waals surface area contributed by atoms with Crippen molar-refractivity contribution >= 4 is 12.0 Å². The van der Waals surface area contributed by atoms with Gasteiger partial charge in [-0.05, 0) is 30.2 Å². The van der Waals surface area contributed by atoms with Crippen molar-refractivity contribution in [1.29, 1.82) is 0 Å². The summed E-state index contributed by atoms with van der Waals surface area (Å²) in [5, 5.41) is 2.76. The van der Waals surface area contributed by atoms with Crippen molar-refractivity contribution in [3.8, 4) is 5.75 Å². The molecule has 27 heavy (non-hydrogen) atoms. The van der Waals surface area contributed by atoms with E-state index in [-0.39, 0.29) is 12.5 Å². The number of amides is 2. The van der Waals surface area contributed by atoms with E-state index in [1.54, 1.807) is 26.2 Å². The second-order valence-electron chi connectivity index (χ2n) is 5.70. The molecule has 3 N–H and O–H groups in total. The van der Waals surface area contributed by atoms with E-state index in [2.05, 4.69) is 16.2 Å². The number of nitrogens with one attached hydrogen (secondary N) is 3. The molecule has 0 aromatic heterocycles. The Morgan fingerprint density at radius 1 is 0.963 bits per heavy atom. The number of hydrazine groups is 1. The van der Waals surface area contributed by atoms with Crippen LogP contribution in [-0.4, -0.2) is 19.1 Å². The van der Waals surface area contributed by atoms with E-state index < -0.39 is 6.09 Å². The summed E-state index contributed by atoms with van der Waals surface area (Å²) in [6.45, 7) is 2.21. The molecule has 0 atom stereocenters. The molecule has 0 aliphatic carbocycles. The summed E-state index contributed by atoms with van der Waals surface area (Å²) in [5.41, 5.74) is 7.30. The number of carbonyl (C=O) groups is 2. The van der Waals surface area contributed by atoms with E-state index in [4.69, 9.17) is 9.47 Å². The lowest BCUT2D eigenvalue weighted by Crippen LogP contribution is -2.37. The van der Waals surface area contributed by atoms with Crippen LogP contribution in [0.1, 0.15) is 18.1 Å². The van der Waals surface area contributed by atoms with E-state index in [1.807, 2.05) is 42.5 Å². The van der Waals surface area contributed by atoms with E-state index in [9.17, 15) is 9.59 Å². The highest BCUT2D eigenvalue weighted by molar-refractivity contribution is 5.88. The quantitative estimate of drug-likeness (QED) is 0.492. The molecule has 2 aromatic carbocycles. The zero-order valence-electron chi connectivity index (χ0n) is 15.3. The molecule has 7 heteroatoms. The predicted molar refractivity (Wildman–Crippen MR) is 101 cm³/mol. The maximum atomic E-state index is 11.9. The van der Waals surface area contributed by atoms with Crippen LogP contribution in [0.25, 0.3) is 0 Å². The fraction of sp³-hybridized carbons (Fsp3) is 0.200. The summed E-state index contributed by atoms with van der Waals surface area (Å²) < 4.78 is 10.1. The molecule has 2 rings (SSSR count). The second-order valence-corrected chi connectivity index (χ2v) is 5.70. The minimum Gasteiger partial charge on any atom is -0.497 e. The highest BCUT2D eigenvalue weighted by Crippen LogP contribution is 2.11. The Morgan fingerprint density at radius 3 is 2.33 bits per heavy atom. The molecule has 2 amide bonds. The first kappa shape index (κ1) is 19.8. The van der Waals surface area contributed by atoms with Crippen LogP contribution in [0.5, 0.6) is 5.75 Å². The molecular weight excluding hydrogens is 346 g/mol. The molecule has 7 nitrogen and oxygen atoms in total. The zero-order valence-corrected chi connectivity index (χ0v) is 15.3. The molecule has 0 spiro atoms. The number of hydrogen-bond donors (Lipinski definition) is 3. The summed E-state index contributed by atoms with van der Waals surface area (Å²) in [5.74, 6) is 0.466. The third-order valence-electron chi connectivity index (χ3n) is 3.55. The lowest BCUT2D eigenvalue weighted by molar-refractivity contribution is -0.116. The molecule has 142 valence electrons. The van der Waals surface area contributed by atoms with Gasteiger partial charge in [-0.3, -0.25) is 4.79 Å². The number of benzene rings is 2. The van der Waals surface area contributed by atoms with Gasteiger partial charge >= 0.3 is 6.09 Å². The van der Waals surface area contributed by atoms with Crippen LogP contribution in [0.4, 0.5) is 4.79 Å². The van der Waals surface area contributed by atoms with Crippen molar-refractivity contribution in [2.45, 2.75) is 20.1 Å². The lowest BCUT2D eigenvalue weighted by Gasteiger charge is -2.10. The van der Waals surface area contributed by atoms with Crippen LogP contribution in [0.3, 0.4) is 0 Å². The summed E-state index contributed by atoms with van der Waals surface area (Å²) in [6.07, 6.45) is 0.704. The minimum atomic E-state index is -0.650. The standard InChI is InChI=1S/C20H23N3O4/c1-15(12-19(24)21-13-16-6-4-3-5-7-16)22-23-20(25)27-14-17-8-10-18(26-2)11-9-17/h3-12,22H,13-14H2,1-2H3,(H,21,24)(H,23,25). The van der Waals surface area contributed by atoms with Gasteiger partial charge in [0.25, 0.3) is 0 Å². The van der Waals surface area contributed by atoms with Gasteiger partial charge < -0.3 is 20.2 Å². The fourth-order valence-electron chi connectivity index (χ4n) is 2.13. The van der Waals surface area contributed by atoms with Gasteiger partial charge in [0, 0.05) is 18.3 Å². The molecule has 0 saturated heterocycles. The van der Waals surface area contributed by atoms with E-state index in [1.165, 1.54) is 6.08 Å². The van der Waals surface area contributed by atoms with Gasteiger partial charge in [-0.2, -0.15) is 0 Å². The first-order valence-electron chi connectivity index (χ1n) is 8.38. The highest BCUT2D eigenvalue weighted by Gasteiger charge is 2.04. The number of carbonyl (C=O) groups excluding carboxylic acids is 2. The Hall–Kier alpha value is -3.48. The van der Waals surface area contributed by atoms with E-state index in [0.717, 1.165) is 16.9 Å². The van der Waals surface area contributed by atoms with Crippen LogP contribution in [-0.2, 0) is 22.7 Å². The zero-order chi connectivity index (χ0) is 19.5. The Kier molecular flexibility index (Phi) is 7.71. The third-order valence-corrected chi connectivity index (χ3v) is 3.55. The molecule has 2 aromatic rings. The first-order chi connectivity index (χ1) is 13.1. The van der Waals surface area contributed by atoms with Crippen molar-refractivity contribution in [1.82, 2.24) is 16.2 Å². The van der Waals surface area contributed by atoms with E-state index in [0.29, 0.717) is 12.2 Å². The maximum Gasteiger partial charge on any atom is 0.426 e. The van der Waals surface area contributed by atoms with Crippen molar-refractivity contribution in [2.75, 3.05) is 7.11 Å². The topological polar surface area (TPSA) is 88.7 Å². The average Bonchev–Trinajstić information content (AvgIpc) is 2.70. The number of rotatable bonds is 8. The van der Waals surface area contributed by atoms with Crippen molar-refractivity contribution in [3.63, 3.8) is 0 Å². The third kappa shape index (κ3) is 7.52. The van der Waals surface area contributed by atoms with Crippen LogP contribution in [0, 0.1) is 0 Å². The van der Waals surface area contributed by atoms with Crippen molar-refractivity contribution in [3.05, 3.63) is 77.5 Å². The molecule has 0 radical (unpaired) electrons. The Bertz CT molecular complexity index is 774. The van der Waals surface area contributed by atoms with Gasteiger partial charge in [-0.1, -0.05) is 42.5 Å². The minimum absolute atomic E-state index is 0.123. The summed E-state index contributed by atoms with van der Waals surface area (Å²) in [4.78, 5) is 23.5. The fourth-order valence-corrected chi connectivity index (χ4v) is 2.13. The molecule has 0 aliphatic rings. The monoisotopic (exact) mass is 369 g/mol. The molecule has 0 aliphatic heterocycles. The smallest absolute Gasteiger partial charge is 0.426 e. The second kappa shape index (κ2) is 10.5. The lowest BCUT2D eigenvalue weighted by atomic mass is 10.2. The van der Waals surface area contributed by atoms with Gasteiger partial charge in [0.1, 0.15) is 12.4 Å². The Morgan fingerprint density at radius 2 is 1.67 bits per heavy atom. The first-order valence-corrected chi connectivity index (χ1v) is 8.38. The number of allylic oxidation sites excluding steroid dienone is 1. The molecule has 0 saturated carbocycles. The maximum absolute atomic E-state index is 11.9. The van der Waals surface area contributed by atoms with Crippen molar-refractivity contribution in [2.24, 2.45) is 0 Å². The molecule has 0 heterocycles. The Balaban J connectivity index is 1.68. The summed E-state index contributed by atoms with van der Waals surface area (Å²) >= 11 is 0. The van der Waals surface area contributed by atoms with E-state index >= 15 is 0 Å². The summed E-state index contributed by atoms with van der Waals surface area (Å²) in [7, 11) is 1.59. The van der Waals surface area contributed by atoms with Crippen molar-refractivity contribution < 1.29 is 19.1 Å². The number of methoxy groups -OCH3 is 1. The molecule has 0 fully saturated rings. The van der Waals surface area contributed by atoms with Gasteiger partial charge in [0.15, 0.2) is 0 Å². The average molecular weight is 369 g/mol. The molecular formula is C20H23N3O4. The van der Waals surface area contributed by atoms with Crippen LogP contribution >= 0.6 is 0 Å². The predicted octanol–water partition coefficient (Wildman–Crippen LogP) is 2.65. The number of ether oxygens (including phenoxy) is 2. The molecule has 0 unspecified atom stereocenters. The van der Waals surface area contributed by atoms with Gasteiger partial charge in [0.2, 0.25) is 5.91 Å². The number of hydrogen-bond acceptors (Lipinski definition) is 5. The van der Waals surface area contributed by atoms with Gasteiger partial charge in [0.05, 0.1) is 7.11 Å². The van der Waals surface area contributed by atoms with Crippen LogP contribution in [0.2, 0.25) is 0 Å². The SMILES string of the molecule is COc1ccc(COC(=O)NNC(C)=CC(=O)NCc2ccccc2)cc1. The van der Waals surface area contributed by atoms with Gasteiger partial charge in [-0.25, -0.2) is 10.2 Å². The normalized spacial score (nSPS) is 10.7.